The molecule has 0 aliphatic carbocycles. The average molecular weight is 1660 g/mol. The van der Waals surface area contributed by atoms with Gasteiger partial charge in [0.05, 0.1) is 65.3 Å². The molecular formula is C93H91N13O13S2. The van der Waals surface area contributed by atoms with E-state index in [0.717, 1.165) is 80.7 Å². The predicted molar refractivity (Wildman–Crippen MR) is 471 cm³/mol. The summed E-state index contributed by atoms with van der Waals surface area (Å²) < 4.78 is 80.1. The van der Waals surface area contributed by atoms with Crippen LogP contribution >= 0.6 is 0 Å². The number of amides is 5. The molecule has 0 bridgehead atoms. The van der Waals surface area contributed by atoms with E-state index in [1.54, 1.807) is 190 Å². The highest BCUT2D eigenvalue weighted by molar-refractivity contribution is 7.90. The third kappa shape index (κ3) is 17.8. The lowest BCUT2D eigenvalue weighted by atomic mass is 9.99. The van der Waals surface area contributed by atoms with Crippen molar-refractivity contribution in [1.82, 2.24) is 47.5 Å². The third-order valence-corrected chi connectivity index (χ3v) is 24.1. The highest BCUT2D eigenvalue weighted by Crippen LogP contribution is 2.43. The summed E-state index contributed by atoms with van der Waals surface area (Å²) in [6, 6.07) is 57.1. The van der Waals surface area contributed by atoms with Gasteiger partial charge < -0.3 is 54.6 Å². The van der Waals surface area contributed by atoms with Crippen LogP contribution in [-0.2, 0) is 29.6 Å². The van der Waals surface area contributed by atoms with Crippen LogP contribution < -0.4 is 25.3 Å². The number of aryl methyl sites for hydroxylation is 2. The molecule has 618 valence electrons. The topological polar surface area (TPSA) is 318 Å². The van der Waals surface area contributed by atoms with Gasteiger partial charge in [-0.15, -0.1) is 0 Å². The second-order valence-corrected chi connectivity index (χ2v) is 33.5. The summed E-state index contributed by atoms with van der Waals surface area (Å²) in [5.41, 5.74) is 20.3. The molecule has 14 aromatic rings. The van der Waals surface area contributed by atoms with Gasteiger partial charge in [-0.2, -0.15) is 4.99 Å². The van der Waals surface area contributed by atoms with Crippen molar-refractivity contribution >= 4 is 100 Å². The number of carbonyl (C=O) groups excluding carboxylic acids is 5. The lowest BCUT2D eigenvalue weighted by Crippen LogP contribution is -2.44. The number of methoxy groups -OCH3 is 3. The zero-order chi connectivity index (χ0) is 86.3. The van der Waals surface area contributed by atoms with Crippen molar-refractivity contribution in [2.45, 2.75) is 62.5 Å². The van der Waals surface area contributed by atoms with Crippen LogP contribution in [0.3, 0.4) is 0 Å². The predicted octanol–water partition coefficient (Wildman–Crippen LogP) is 16.8. The van der Waals surface area contributed by atoms with Gasteiger partial charge >= 0.3 is 6.03 Å². The number of fused-ring (bicyclic) bond motifs is 3. The molecule has 0 saturated carbocycles. The van der Waals surface area contributed by atoms with Gasteiger partial charge in [0, 0.05) is 171 Å². The Hall–Kier alpha value is -14.1. The number of anilines is 2. The van der Waals surface area contributed by atoms with Gasteiger partial charge in [-0.05, 0) is 154 Å². The minimum atomic E-state index is -3.99. The quantitative estimate of drug-likeness (QED) is 0.0342. The van der Waals surface area contributed by atoms with E-state index in [1.807, 2.05) is 131 Å². The SMILES string of the molecule is COc1ccccc1-c1c[nH]c2ncc(-c3ccc(NC(=O)N(CC4CCCO4)C(C)C)c(C(=O)N(C)C)c3)cc12.COc1ccccc1-c1cn(S(=O)(=O)c2ccc(C)cc2)c2ncc(-c3ccc(N)c(C(=O)N(C)C)c3)cc12.COc1ccccc1-c1cn(S(=O)(=O)c2ccc(C)cc2)c2ncc(-c3ccc(N=C=O)c(C(=O)N(C)C)c3)cc12. The Labute approximate surface area is 701 Å². The molecular weight excluding hydrogens is 1570 g/mol. The van der Waals surface area contributed by atoms with Crippen LogP contribution in [0, 0.1) is 13.8 Å². The summed E-state index contributed by atoms with van der Waals surface area (Å²) in [7, 11) is 6.78. The number of rotatable bonds is 21. The van der Waals surface area contributed by atoms with Crippen molar-refractivity contribution in [3.63, 3.8) is 0 Å². The maximum Gasteiger partial charge on any atom is 0.322 e. The molecule has 1 saturated heterocycles. The number of nitrogens with two attached hydrogens (primary N) is 1. The zero-order valence-electron chi connectivity index (χ0n) is 69.1. The molecule has 1 unspecified atom stereocenters. The monoisotopic (exact) mass is 1660 g/mol. The van der Waals surface area contributed by atoms with Crippen molar-refractivity contribution in [2.75, 3.05) is 87.8 Å². The molecule has 1 aliphatic rings. The number of isocyanates is 1. The normalized spacial score (nSPS) is 12.5. The maximum atomic E-state index is 13.8. The summed E-state index contributed by atoms with van der Waals surface area (Å²) in [5.74, 6) is 1.18. The number of hydrogen-bond donors (Lipinski definition) is 3. The molecule has 1 fully saturated rings. The van der Waals surface area contributed by atoms with E-state index >= 15 is 0 Å². The van der Waals surface area contributed by atoms with Gasteiger partial charge in [-0.3, -0.25) is 14.4 Å². The van der Waals surface area contributed by atoms with E-state index in [4.69, 9.17) is 24.7 Å². The number of pyridine rings is 3. The van der Waals surface area contributed by atoms with E-state index < -0.39 is 20.0 Å². The van der Waals surface area contributed by atoms with Crippen LogP contribution in [0.5, 0.6) is 17.2 Å². The number of benzene rings is 8. The largest absolute Gasteiger partial charge is 0.496 e. The standard InChI is InChI=1S/C32H37N5O4.C31H26N4O5S.C30H28N4O4S/c1-20(2)37(19-23-9-8-14-41-23)32(39)35-28-13-12-21(15-26(28)31(38)36(3)4)22-16-25-27(18-34-30(25)33-17-22)24-10-6-7-11-29(24)40-5;1-20-9-12-23(13-10-20)41(38,39)35-18-27(24-7-5-6-8-29(24)40-4)25-16-22(17-32-30(25)35)21-11-14-28(33-19-36)26(15-21)31(37)34(2)3;1-19-9-12-22(13-10-19)39(36,37)34-18-26(23-7-5-6-8-28(23)38-4)24-16-21(17-32-29(24)34)20-11-14-27(31)25(15-20)30(35)33(2)3/h6-7,10-13,15-18,20,23H,8-9,14,19H2,1-5H3,(H,33,34)(H,35,39);5-18H,1-4H3;5-18H,31H2,1-4H3. The van der Waals surface area contributed by atoms with Crippen LogP contribution in [0.15, 0.2) is 246 Å². The fourth-order valence-electron chi connectivity index (χ4n) is 14.3. The van der Waals surface area contributed by atoms with Crippen LogP contribution in [0.25, 0.3) is 99.9 Å². The Morgan fingerprint density at radius 3 is 1.43 bits per heavy atom. The Morgan fingerprint density at radius 2 is 0.967 bits per heavy atom. The van der Waals surface area contributed by atoms with E-state index in [-0.39, 0.29) is 68.2 Å². The van der Waals surface area contributed by atoms with E-state index in [0.29, 0.717) is 84.7 Å². The van der Waals surface area contributed by atoms with Crippen molar-refractivity contribution < 1.29 is 59.8 Å². The molecule has 0 radical (unpaired) electrons. The maximum absolute atomic E-state index is 13.8. The van der Waals surface area contributed by atoms with Gasteiger partial charge in [-0.1, -0.05) is 108 Å². The summed E-state index contributed by atoms with van der Waals surface area (Å²) >= 11 is 0. The lowest BCUT2D eigenvalue weighted by molar-refractivity contribution is 0.0763. The number of nitrogen functional groups attached to an aromatic ring is 1. The van der Waals surface area contributed by atoms with Crippen molar-refractivity contribution in [3.05, 3.63) is 259 Å². The Balaban J connectivity index is 0.000000157. The highest BCUT2D eigenvalue weighted by atomic mass is 32.2. The second-order valence-electron chi connectivity index (χ2n) is 29.8. The Kier molecular flexibility index (Phi) is 25.3. The highest BCUT2D eigenvalue weighted by Gasteiger charge is 2.31. The fourth-order valence-corrected chi connectivity index (χ4v) is 17.0. The van der Waals surface area contributed by atoms with Gasteiger partial charge in [0.25, 0.3) is 37.8 Å². The molecule has 1 aliphatic heterocycles. The van der Waals surface area contributed by atoms with Gasteiger partial charge in [0.2, 0.25) is 6.08 Å². The molecule has 5 amide bonds. The number of para-hydroxylation sites is 3. The summed E-state index contributed by atoms with van der Waals surface area (Å²) in [6.07, 6.45) is 13.5. The van der Waals surface area contributed by atoms with Gasteiger partial charge in [0.15, 0.2) is 11.3 Å². The van der Waals surface area contributed by atoms with E-state index in [9.17, 15) is 40.8 Å². The number of ether oxygens (including phenoxy) is 4. The number of H-pyrrole nitrogens is 1. The van der Waals surface area contributed by atoms with E-state index in [2.05, 4.69) is 36.3 Å². The molecule has 26 nitrogen and oxygen atoms in total. The van der Waals surface area contributed by atoms with Crippen LogP contribution in [0.2, 0.25) is 0 Å². The smallest absolute Gasteiger partial charge is 0.322 e. The molecule has 28 heteroatoms. The fraction of sp³-hybridized carbons (Fsp3) is 0.204. The first-order valence-corrected chi connectivity index (χ1v) is 41.6. The molecule has 4 N–H and O–H groups in total. The number of aromatic amines is 1. The molecule has 1 atom stereocenters. The van der Waals surface area contributed by atoms with Gasteiger partial charge in [0.1, 0.15) is 22.9 Å². The second kappa shape index (κ2) is 36.0. The van der Waals surface area contributed by atoms with Crippen molar-refractivity contribution in [3.8, 4) is 84.0 Å². The number of nitrogens with one attached hydrogen (secondary N) is 2. The lowest BCUT2D eigenvalue weighted by Gasteiger charge is -2.29. The Morgan fingerprint density at radius 1 is 0.537 bits per heavy atom. The molecule has 0 spiro atoms. The average Bonchev–Trinajstić information content (AvgIpc) is 1.60. The summed E-state index contributed by atoms with van der Waals surface area (Å²) in [5, 5.41) is 5.12. The number of carbonyl (C=O) groups is 4. The number of nitrogens with zero attached hydrogens (tertiary/aromatic N) is 10. The molecule has 7 heterocycles. The summed E-state index contributed by atoms with van der Waals surface area (Å²) in [6.45, 7) is 8.99. The van der Waals surface area contributed by atoms with Gasteiger partial charge in [-0.25, -0.2) is 49.3 Å². The molecule has 15 rings (SSSR count). The number of hydrogen-bond acceptors (Lipinski definition) is 18. The summed E-state index contributed by atoms with van der Waals surface area (Å²) in [4.78, 5) is 90.4. The minimum absolute atomic E-state index is 0.0249. The van der Waals surface area contributed by atoms with Crippen LogP contribution in [-0.4, -0.2) is 183 Å². The van der Waals surface area contributed by atoms with Crippen molar-refractivity contribution in [2.24, 2.45) is 4.99 Å². The van der Waals surface area contributed by atoms with Crippen LogP contribution in [0.1, 0.15) is 68.9 Å². The Bertz CT molecular complexity index is 6580. The van der Waals surface area contributed by atoms with Crippen LogP contribution in [0.4, 0.5) is 21.9 Å². The number of urea groups is 1. The molecule has 6 aromatic heterocycles. The first-order valence-electron chi connectivity index (χ1n) is 38.7. The zero-order valence-corrected chi connectivity index (χ0v) is 70.7. The first-order chi connectivity index (χ1) is 58.0. The third-order valence-electron chi connectivity index (χ3n) is 20.8. The van der Waals surface area contributed by atoms with Crippen molar-refractivity contribution in [1.29, 1.82) is 0 Å². The molecule has 8 aromatic carbocycles. The molecule has 121 heavy (non-hydrogen) atoms. The minimum Gasteiger partial charge on any atom is -0.496 e. The number of aliphatic imine (C=N–C) groups is 1. The van der Waals surface area contributed by atoms with E-state index in [1.165, 1.54) is 28.7 Å². The number of aromatic nitrogens is 6. The first kappa shape index (κ1) is 84.9.